The lowest BCUT2D eigenvalue weighted by Gasteiger charge is -2.35. The molecule has 176 valence electrons. The number of carbonyl (C=O) groups excluding carboxylic acids is 1. The summed E-state index contributed by atoms with van der Waals surface area (Å²) >= 11 is 11.9. The first kappa shape index (κ1) is 24.7. The number of hydrogen-bond donors (Lipinski definition) is 2. The molecule has 1 aliphatic rings. The first-order valence-electron chi connectivity index (χ1n) is 10.7. The Morgan fingerprint density at radius 3 is 2.39 bits per heavy atom. The largest absolute Gasteiger partial charge is 0.450 e. The molecule has 0 saturated carbocycles. The maximum Gasteiger partial charge on any atom is 0.409 e. The summed E-state index contributed by atoms with van der Waals surface area (Å²) in [5.74, 6) is 0.917. The van der Waals surface area contributed by atoms with Crippen LogP contribution in [0.5, 0.6) is 0 Å². The highest BCUT2D eigenvalue weighted by molar-refractivity contribution is 7.80. The fraction of sp³-hybridized carbons (Fsp3) is 0.409. The van der Waals surface area contributed by atoms with E-state index in [0.717, 1.165) is 17.0 Å². The fourth-order valence-electron chi connectivity index (χ4n) is 3.36. The van der Waals surface area contributed by atoms with Gasteiger partial charge in [0.25, 0.3) is 0 Å². The van der Waals surface area contributed by atoms with Crippen molar-refractivity contribution in [1.82, 2.24) is 19.8 Å². The number of nitrogens with one attached hydrogen (secondary N) is 2. The van der Waals surface area contributed by atoms with Crippen LogP contribution in [0.4, 0.5) is 16.4 Å². The Balaban J connectivity index is 1.81. The van der Waals surface area contributed by atoms with Crippen molar-refractivity contribution >= 4 is 52.6 Å². The summed E-state index contributed by atoms with van der Waals surface area (Å²) in [7, 11) is 0. The SMILES string of the molecule is CCOC(=O)N1CCN(/C(=N\C(=S)Nc2cccc(C)c2Cl)Nc2nc(C)cc(C)n2)CC1. The van der Waals surface area contributed by atoms with Crippen LogP contribution in [0.1, 0.15) is 23.9 Å². The van der Waals surface area contributed by atoms with Crippen LogP contribution in [0.3, 0.4) is 0 Å². The van der Waals surface area contributed by atoms with Gasteiger partial charge in [-0.05, 0) is 57.6 Å². The van der Waals surface area contributed by atoms with Crippen molar-refractivity contribution in [2.24, 2.45) is 4.99 Å². The number of anilines is 2. The molecule has 3 rings (SSSR count). The summed E-state index contributed by atoms with van der Waals surface area (Å²) < 4.78 is 5.11. The number of aliphatic imine (C=N–C) groups is 1. The van der Waals surface area contributed by atoms with Gasteiger partial charge < -0.3 is 19.9 Å². The second-order valence-electron chi connectivity index (χ2n) is 7.57. The normalized spacial score (nSPS) is 14.2. The predicted molar refractivity (Wildman–Crippen MR) is 135 cm³/mol. The molecule has 1 aliphatic heterocycles. The first-order chi connectivity index (χ1) is 15.8. The number of hydrogen-bond acceptors (Lipinski definition) is 5. The number of ether oxygens (including phenoxy) is 1. The summed E-state index contributed by atoms with van der Waals surface area (Å²) in [5.41, 5.74) is 3.29. The highest BCUT2D eigenvalue weighted by atomic mass is 35.5. The predicted octanol–water partition coefficient (Wildman–Crippen LogP) is 3.99. The minimum Gasteiger partial charge on any atom is -0.450 e. The zero-order valence-electron chi connectivity index (χ0n) is 19.2. The van der Waals surface area contributed by atoms with Gasteiger partial charge >= 0.3 is 6.09 Å². The molecule has 33 heavy (non-hydrogen) atoms. The average Bonchev–Trinajstić information content (AvgIpc) is 2.76. The Kier molecular flexibility index (Phi) is 8.40. The van der Waals surface area contributed by atoms with Gasteiger partial charge in [0, 0.05) is 37.6 Å². The van der Waals surface area contributed by atoms with Gasteiger partial charge in [0.1, 0.15) is 0 Å². The van der Waals surface area contributed by atoms with Gasteiger partial charge in [0.15, 0.2) is 0 Å². The molecule has 0 spiro atoms. The molecular weight excluding hydrogens is 462 g/mol. The molecule has 0 unspecified atom stereocenters. The van der Waals surface area contributed by atoms with Crippen LogP contribution in [0, 0.1) is 20.8 Å². The Hall–Kier alpha value is -2.98. The van der Waals surface area contributed by atoms with Gasteiger partial charge in [-0.3, -0.25) is 5.32 Å². The van der Waals surface area contributed by atoms with Crippen LogP contribution in [-0.2, 0) is 4.74 Å². The van der Waals surface area contributed by atoms with Crippen molar-refractivity contribution in [2.45, 2.75) is 27.7 Å². The molecule has 2 heterocycles. The van der Waals surface area contributed by atoms with Crippen LogP contribution in [0.2, 0.25) is 5.02 Å². The molecule has 1 aromatic carbocycles. The van der Waals surface area contributed by atoms with Crippen LogP contribution >= 0.6 is 23.8 Å². The molecule has 1 aromatic heterocycles. The lowest BCUT2D eigenvalue weighted by molar-refractivity contribution is 0.0920. The Morgan fingerprint density at radius 2 is 1.76 bits per heavy atom. The number of benzene rings is 1. The Morgan fingerprint density at radius 1 is 1.12 bits per heavy atom. The summed E-state index contributed by atoms with van der Waals surface area (Å²) in [5, 5.41) is 7.12. The molecule has 11 heteroatoms. The third kappa shape index (κ3) is 6.75. The number of halogens is 1. The van der Waals surface area contributed by atoms with E-state index >= 15 is 0 Å². The van der Waals surface area contributed by atoms with E-state index in [1.165, 1.54) is 0 Å². The van der Waals surface area contributed by atoms with E-state index in [4.69, 9.17) is 28.6 Å². The topological polar surface area (TPSA) is 95.0 Å². The van der Waals surface area contributed by atoms with Crippen molar-refractivity contribution in [2.75, 3.05) is 43.4 Å². The second kappa shape index (κ2) is 11.2. The molecule has 1 amide bonds. The van der Waals surface area contributed by atoms with E-state index in [1.807, 2.05) is 49.9 Å². The van der Waals surface area contributed by atoms with E-state index in [9.17, 15) is 4.79 Å². The lowest BCUT2D eigenvalue weighted by Crippen LogP contribution is -2.52. The number of thiocarbonyl (C=S) groups is 1. The molecule has 0 radical (unpaired) electrons. The standard InChI is InChI=1S/C22H28ClN7O2S/c1-5-32-22(31)30-11-9-29(10-12-30)20(27-19-24-15(3)13-16(4)25-19)28-21(33)26-17-8-6-7-14(2)18(17)23/h6-8,13H,5,9-12H2,1-4H3,(H2,24,25,26,27,28,33). The van der Waals surface area contributed by atoms with Crippen LogP contribution in [0.15, 0.2) is 29.3 Å². The van der Waals surface area contributed by atoms with Gasteiger partial charge in [0.05, 0.1) is 17.3 Å². The lowest BCUT2D eigenvalue weighted by atomic mass is 10.2. The number of amides is 1. The van der Waals surface area contributed by atoms with Crippen LogP contribution in [0.25, 0.3) is 0 Å². The summed E-state index contributed by atoms with van der Waals surface area (Å²) in [6, 6.07) is 7.56. The van der Waals surface area contributed by atoms with Crippen molar-refractivity contribution < 1.29 is 9.53 Å². The summed E-state index contributed by atoms with van der Waals surface area (Å²) in [6.07, 6.45) is -0.312. The molecule has 2 N–H and O–H groups in total. The number of aryl methyl sites for hydroxylation is 3. The van der Waals surface area contributed by atoms with E-state index < -0.39 is 0 Å². The van der Waals surface area contributed by atoms with E-state index in [2.05, 4.69) is 25.6 Å². The van der Waals surface area contributed by atoms with Gasteiger partial charge in [0.2, 0.25) is 17.0 Å². The number of aromatic nitrogens is 2. The highest BCUT2D eigenvalue weighted by Gasteiger charge is 2.25. The molecule has 2 aromatic rings. The van der Waals surface area contributed by atoms with Crippen LogP contribution in [-0.4, -0.2) is 69.7 Å². The molecule has 1 fully saturated rings. The van der Waals surface area contributed by atoms with Gasteiger partial charge in [-0.25, -0.2) is 14.8 Å². The van der Waals surface area contributed by atoms with E-state index in [1.54, 1.807) is 11.8 Å². The number of carbonyl (C=O) groups is 1. The minimum atomic E-state index is -0.312. The summed E-state index contributed by atoms with van der Waals surface area (Å²) in [6.45, 7) is 9.95. The number of rotatable bonds is 3. The molecule has 0 bridgehead atoms. The van der Waals surface area contributed by atoms with E-state index in [-0.39, 0.29) is 11.2 Å². The minimum absolute atomic E-state index is 0.238. The Bertz CT molecular complexity index is 1030. The maximum atomic E-state index is 12.1. The summed E-state index contributed by atoms with van der Waals surface area (Å²) in [4.78, 5) is 29.2. The molecule has 0 atom stereocenters. The van der Waals surface area contributed by atoms with Crippen molar-refractivity contribution in [3.05, 3.63) is 46.2 Å². The molecule has 0 aliphatic carbocycles. The van der Waals surface area contributed by atoms with Crippen molar-refractivity contribution in [3.8, 4) is 0 Å². The van der Waals surface area contributed by atoms with Crippen molar-refractivity contribution in [3.63, 3.8) is 0 Å². The van der Waals surface area contributed by atoms with Crippen molar-refractivity contribution in [1.29, 1.82) is 0 Å². The van der Waals surface area contributed by atoms with E-state index in [0.29, 0.717) is 55.4 Å². The smallest absolute Gasteiger partial charge is 0.409 e. The number of guanidine groups is 1. The average molecular weight is 490 g/mol. The molecular formula is C22H28ClN7O2S. The Labute approximate surface area is 204 Å². The van der Waals surface area contributed by atoms with Gasteiger partial charge in [-0.1, -0.05) is 23.7 Å². The molecule has 1 saturated heterocycles. The number of nitrogens with zero attached hydrogens (tertiary/aromatic N) is 5. The third-order valence-corrected chi connectivity index (χ3v) is 5.65. The maximum absolute atomic E-state index is 12.1. The van der Waals surface area contributed by atoms with Crippen LogP contribution < -0.4 is 10.6 Å². The zero-order chi connectivity index (χ0) is 24.0. The van der Waals surface area contributed by atoms with Gasteiger partial charge in [-0.15, -0.1) is 0 Å². The quantitative estimate of drug-likeness (QED) is 0.379. The zero-order valence-corrected chi connectivity index (χ0v) is 20.8. The van der Waals surface area contributed by atoms with Gasteiger partial charge in [-0.2, -0.15) is 4.99 Å². The second-order valence-corrected chi connectivity index (χ2v) is 8.34. The monoisotopic (exact) mass is 489 g/mol. The third-order valence-electron chi connectivity index (χ3n) is 4.95. The fourth-order valence-corrected chi connectivity index (χ4v) is 3.73. The molecule has 9 nitrogen and oxygen atoms in total. The first-order valence-corrected chi connectivity index (χ1v) is 11.5. The highest BCUT2D eigenvalue weighted by Crippen LogP contribution is 2.25. The number of piperazine rings is 1.